The minimum Gasteiger partial charge on any atom is -0.379 e. The third kappa shape index (κ3) is 5.08. The Morgan fingerprint density at radius 3 is 2.45 bits per heavy atom. The van der Waals surface area contributed by atoms with Crippen LogP contribution in [0.5, 0.6) is 0 Å². The van der Waals surface area contributed by atoms with Crippen LogP contribution in [0, 0.1) is 0 Å². The summed E-state index contributed by atoms with van der Waals surface area (Å²) in [6, 6.07) is 18.4. The van der Waals surface area contributed by atoms with E-state index in [0.29, 0.717) is 19.6 Å². The minimum atomic E-state index is -3.80. The predicted molar refractivity (Wildman–Crippen MR) is 141 cm³/mol. The Morgan fingerprint density at radius 2 is 1.68 bits per heavy atom. The van der Waals surface area contributed by atoms with Gasteiger partial charge in [0.25, 0.3) is 5.56 Å². The van der Waals surface area contributed by atoms with Gasteiger partial charge in [0.15, 0.2) is 11.3 Å². The van der Waals surface area contributed by atoms with E-state index in [1.807, 2.05) is 30.3 Å². The van der Waals surface area contributed by atoms with Crippen molar-refractivity contribution in [3.05, 3.63) is 105 Å². The maximum absolute atomic E-state index is 13.5. The van der Waals surface area contributed by atoms with E-state index in [4.69, 9.17) is 4.74 Å². The van der Waals surface area contributed by atoms with Crippen molar-refractivity contribution in [1.82, 2.24) is 18.4 Å². The van der Waals surface area contributed by atoms with Crippen LogP contribution < -0.4 is 11.2 Å². The summed E-state index contributed by atoms with van der Waals surface area (Å²) in [5.74, 6) is -0.468. The smallest absolute Gasteiger partial charge is 0.332 e. The molecule has 0 aliphatic carbocycles. The van der Waals surface area contributed by atoms with Crippen molar-refractivity contribution in [1.29, 1.82) is 0 Å². The number of nitrogens with zero attached hydrogens (tertiary/aromatic N) is 4. The van der Waals surface area contributed by atoms with Gasteiger partial charge in [-0.05, 0) is 36.2 Å². The standard InChI is InChI=1S/C27H26N4O6S/c32-24(21-8-4-9-22(18-21)38(35,36)29-14-16-37-17-15-29)19-31-23-10-5-12-28-25(23)26(33)30(27(31)34)13-11-20-6-2-1-3-7-20/h1-10,12,18H,11,13-17,19H2. The van der Waals surface area contributed by atoms with Crippen LogP contribution in [0.25, 0.3) is 11.0 Å². The average Bonchev–Trinajstić information content (AvgIpc) is 2.96. The Labute approximate surface area is 218 Å². The van der Waals surface area contributed by atoms with Crippen LogP contribution in [-0.2, 0) is 34.3 Å². The number of morpholine rings is 1. The van der Waals surface area contributed by atoms with Crippen molar-refractivity contribution in [3.63, 3.8) is 0 Å². The maximum atomic E-state index is 13.5. The molecule has 38 heavy (non-hydrogen) atoms. The van der Waals surface area contributed by atoms with E-state index in [0.717, 1.165) is 10.1 Å². The fourth-order valence-corrected chi connectivity index (χ4v) is 5.93. The van der Waals surface area contributed by atoms with Crippen molar-refractivity contribution in [2.24, 2.45) is 0 Å². The molecule has 3 heterocycles. The van der Waals surface area contributed by atoms with E-state index < -0.39 is 27.1 Å². The summed E-state index contributed by atoms with van der Waals surface area (Å²) in [5, 5.41) is 0. The molecule has 1 fully saturated rings. The molecule has 0 spiro atoms. The molecule has 196 valence electrons. The molecule has 1 aliphatic heterocycles. The van der Waals surface area contributed by atoms with Crippen LogP contribution in [0.1, 0.15) is 15.9 Å². The van der Waals surface area contributed by atoms with Crippen LogP contribution in [0.2, 0.25) is 0 Å². The number of aromatic nitrogens is 3. The summed E-state index contributed by atoms with van der Waals surface area (Å²) in [4.78, 5) is 44.1. The van der Waals surface area contributed by atoms with Gasteiger partial charge in [-0.3, -0.25) is 18.7 Å². The van der Waals surface area contributed by atoms with Crippen LogP contribution in [0.4, 0.5) is 0 Å². The third-order valence-corrected chi connectivity index (χ3v) is 8.41. The summed E-state index contributed by atoms with van der Waals surface area (Å²) >= 11 is 0. The number of Topliss-reactive ketones (excluding diaryl/α,β-unsaturated/α-hetero) is 1. The van der Waals surface area contributed by atoms with Gasteiger partial charge in [-0.25, -0.2) is 18.2 Å². The molecule has 5 rings (SSSR count). The molecule has 1 aliphatic rings. The van der Waals surface area contributed by atoms with E-state index in [9.17, 15) is 22.8 Å². The molecule has 0 radical (unpaired) electrons. The van der Waals surface area contributed by atoms with Crippen molar-refractivity contribution >= 4 is 26.8 Å². The predicted octanol–water partition coefficient (Wildman–Crippen LogP) is 1.70. The van der Waals surface area contributed by atoms with E-state index in [2.05, 4.69) is 4.98 Å². The van der Waals surface area contributed by atoms with Gasteiger partial charge < -0.3 is 4.74 Å². The highest BCUT2D eigenvalue weighted by Gasteiger charge is 2.27. The molecular weight excluding hydrogens is 508 g/mol. The minimum absolute atomic E-state index is 0.00282. The molecule has 0 saturated carbocycles. The molecule has 4 aromatic rings. The fourth-order valence-electron chi connectivity index (χ4n) is 4.48. The second-order valence-corrected chi connectivity index (χ2v) is 10.8. The summed E-state index contributed by atoms with van der Waals surface area (Å²) in [5.41, 5.74) is 0.271. The monoisotopic (exact) mass is 534 g/mol. The summed E-state index contributed by atoms with van der Waals surface area (Å²) < 4.78 is 35.0. The number of rotatable bonds is 8. The molecule has 11 heteroatoms. The lowest BCUT2D eigenvalue weighted by Gasteiger charge is -2.26. The first kappa shape index (κ1) is 25.7. The van der Waals surface area contributed by atoms with E-state index in [1.54, 1.807) is 12.1 Å². The van der Waals surface area contributed by atoms with E-state index in [1.165, 1.54) is 39.3 Å². The van der Waals surface area contributed by atoms with Gasteiger partial charge >= 0.3 is 5.69 Å². The molecule has 10 nitrogen and oxygen atoms in total. The summed E-state index contributed by atoms with van der Waals surface area (Å²) in [7, 11) is -3.80. The van der Waals surface area contributed by atoms with Gasteiger partial charge in [-0.15, -0.1) is 0 Å². The lowest BCUT2D eigenvalue weighted by Crippen LogP contribution is -2.42. The topological polar surface area (TPSA) is 121 Å². The number of carbonyl (C=O) groups is 1. The van der Waals surface area contributed by atoms with Crippen molar-refractivity contribution in [2.45, 2.75) is 24.4 Å². The first-order chi connectivity index (χ1) is 18.4. The first-order valence-corrected chi connectivity index (χ1v) is 13.6. The van der Waals surface area contributed by atoms with Crippen molar-refractivity contribution in [3.8, 4) is 0 Å². The molecule has 0 unspecified atom stereocenters. The van der Waals surface area contributed by atoms with Gasteiger partial charge in [0.05, 0.1) is 30.2 Å². The van der Waals surface area contributed by atoms with Crippen molar-refractivity contribution in [2.75, 3.05) is 26.3 Å². The molecule has 0 amide bonds. The fraction of sp³-hybridized carbons (Fsp3) is 0.259. The van der Waals surface area contributed by atoms with Crippen LogP contribution in [-0.4, -0.2) is 58.9 Å². The number of pyridine rings is 1. The quantitative estimate of drug-likeness (QED) is 0.316. The number of sulfonamides is 1. The Morgan fingerprint density at radius 1 is 0.921 bits per heavy atom. The van der Waals surface area contributed by atoms with Gasteiger partial charge in [-0.1, -0.05) is 42.5 Å². The number of hydrogen-bond acceptors (Lipinski definition) is 7. The lowest BCUT2D eigenvalue weighted by molar-refractivity contribution is 0.0730. The number of benzene rings is 2. The van der Waals surface area contributed by atoms with Gasteiger partial charge in [0.2, 0.25) is 10.0 Å². The summed E-state index contributed by atoms with van der Waals surface area (Å²) in [6.07, 6.45) is 1.91. The van der Waals surface area contributed by atoms with Gasteiger partial charge in [-0.2, -0.15) is 4.31 Å². The van der Waals surface area contributed by atoms with Crippen LogP contribution >= 0.6 is 0 Å². The van der Waals surface area contributed by atoms with Crippen LogP contribution in [0.15, 0.2) is 87.4 Å². The second kappa shape index (κ2) is 10.8. The van der Waals surface area contributed by atoms with Crippen molar-refractivity contribution < 1.29 is 17.9 Å². The number of fused-ring (bicyclic) bond motifs is 1. The Kier molecular flexibility index (Phi) is 7.32. The highest BCUT2D eigenvalue weighted by Crippen LogP contribution is 2.19. The highest BCUT2D eigenvalue weighted by atomic mass is 32.2. The largest absolute Gasteiger partial charge is 0.379 e. The van der Waals surface area contributed by atoms with Crippen LogP contribution in [0.3, 0.4) is 0 Å². The first-order valence-electron chi connectivity index (χ1n) is 12.2. The maximum Gasteiger partial charge on any atom is 0.332 e. The van der Waals surface area contributed by atoms with E-state index in [-0.39, 0.29) is 47.7 Å². The summed E-state index contributed by atoms with van der Waals surface area (Å²) in [6.45, 7) is 0.825. The number of aryl methyl sites for hydroxylation is 1. The van der Waals surface area contributed by atoms with E-state index >= 15 is 0 Å². The van der Waals surface area contributed by atoms with Gasteiger partial charge in [0.1, 0.15) is 0 Å². The lowest BCUT2D eigenvalue weighted by atomic mass is 10.1. The molecular formula is C27H26N4O6S. The zero-order valence-electron chi connectivity index (χ0n) is 20.5. The Balaban J connectivity index is 1.49. The molecule has 2 aromatic carbocycles. The molecule has 0 N–H and O–H groups in total. The SMILES string of the molecule is O=C(Cn1c(=O)n(CCc2ccccc2)c(=O)c2ncccc21)c1cccc(S(=O)(=O)N2CCOCC2)c1. The molecule has 2 aromatic heterocycles. The molecule has 0 bridgehead atoms. The normalized spacial score (nSPS) is 14.5. The highest BCUT2D eigenvalue weighted by molar-refractivity contribution is 7.89. The Hall–Kier alpha value is -3.93. The zero-order valence-corrected chi connectivity index (χ0v) is 21.3. The van der Waals surface area contributed by atoms with Gasteiger partial charge in [0, 0.05) is 31.4 Å². The zero-order chi connectivity index (χ0) is 26.7. The molecule has 1 saturated heterocycles. The average molecular weight is 535 g/mol. The number of ketones is 1. The number of hydrogen-bond donors (Lipinski definition) is 0. The number of carbonyl (C=O) groups excluding carboxylic acids is 1. The second-order valence-electron chi connectivity index (χ2n) is 8.90. The number of ether oxygens (including phenoxy) is 1. The Bertz CT molecular complexity index is 1710. The molecule has 0 atom stereocenters. The third-order valence-electron chi connectivity index (χ3n) is 6.52.